The number of nitrogens with zero attached hydrogens (tertiary/aromatic N) is 3. The van der Waals surface area contributed by atoms with Crippen molar-refractivity contribution in [2.24, 2.45) is 5.73 Å². The van der Waals surface area contributed by atoms with Crippen molar-refractivity contribution in [3.05, 3.63) is 30.5 Å². The first-order valence-electron chi connectivity index (χ1n) is 6.05. The van der Waals surface area contributed by atoms with Gasteiger partial charge < -0.3 is 10.6 Å². The molecule has 4 nitrogen and oxygen atoms in total. The van der Waals surface area contributed by atoms with Gasteiger partial charge in [-0.05, 0) is 12.8 Å². The van der Waals surface area contributed by atoms with Crippen molar-refractivity contribution in [3.63, 3.8) is 0 Å². The molecule has 1 saturated heterocycles. The maximum Gasteiger partial charge on any atom is 0.159 e. The van der Waals surface area contributed by atoms with E-state index < -0.39 is 0 Å². The highest BCUT2D eigenvalue weighted by molar-refractivity contribution is 5.91. The van der Waals surface area contributed by atoms with E-state index in [1.807, 2.05) is 18.3 Å². The van der Waals surface area contributed by atoms with Crippen LogP contribution in [0.4, 0.5) is 5.82 Å². The summed E-state index contributed by atoms with van der Waals surface area (Å²) in [6, 6.07) is 8.59. The molecular formula is C13H16N4. The zero-order valence-corrected chi connectivity index (χ0v) is 9.71. The van der Waals surface area contributed by atoms with E-state index in [4.69, 9.17) is 5.73 Å². The molecule has 1 aliphatic heterocycles. The highest BCUT2D eigenvalue weighted by Crippen LogP contribution is 2.25. The largest absolute Gasteiger partial charge is 0.354 e. The Morgan fingerprint density at radius 1 is 1.18 bits per heavy atom. The van der Waals surface area contributed by atoms with Crippen LogP contribution in [-0.4, -0.2) is 29.3 Å². The molecule has 0 aliphatic carbocycles. The molecule has 4 heteroatoms. The quantitative estimate of drug-likeness (QED) is 0.804. The smallest absolute Gasteiger partial charge is 0.159 e. The van der Waals surface area contributed by atoms with Crippen molar-refractivity contribution in [3.8, 4) is 0 Å². The molecule has 17 heavy (non-hydrogen) atoms. The Morgan fingerprint density at radius 3 is 2.76 bits per heavy atom. The van der Waals surface area contributed by atoms with E-state index in [2.05, 4.69) is 27.2 Å². The third-order valence-corrected chi connectivity index (χ3v) is 3.39. The van der Waals surface area contributed by atoms with Crippen molar-refractivity contribution < 1.29 is 0 Å². The molecule has 1 fully saturated rings. The van der Waals surface area contributed by atoms with Crippen LogP contribution in [0.2, 0.25) is 0 Å². The summed E-state index contributed by atoms with van der Waals surface area (Å²) in [4.78, 5) is 2.29. The van der Waals surface area contributed by atoms with Crippen molar-refractivity contribution in [1.82, 2.24) is 10.2 Å². The summed E-state index contributed by atoms with van der Waals surface area (Å²) in [5.41, 5.74) is 5.92. The molecule has 0 spiro atoms. The number of benzene rings is 1. The lowest BCUT2D eigenvalue weighted by molar-refractivity contribution is 0.498. The lowest BCUT2D eigenvalue weighted by Gasteiger charge is -2.31. The van der Waals surface area contributed by atoms with Gasteiger partial charge >= 0.3 is 0 Å². The molecule has 1 aromatic heterocycles. The van der Waals surface area contributed by atoms with Crippen molar-refractivity contribution in [2.75, 3.05) is 18.0 Å². The van der Waals surface area contributed by atoms with Crippen LogP contribution in [-0.2, 0) is 0 Å². The van der Waals surface area contributed by atoms with E-state index in [1.165, 1.54) is 5.39 Å². The monoisotopic (exact) mass is 228 g/mol. The van der Waals surface area contributed by atoms with Crippen LogP contribution in [0.5, 0.6) is 0 Å². The van der Waals surface area contributed by atoms with Gasteiger partial charge in [0.15, 0.2) is 5.82 Å². The first-order valence-corrected chi connectivity index (χ1v) is 6.05. The van der Waals surface area contributed by atoms with E-state index in [0.717, 1.165) is 37.1 Å². The summed E-state index contributed by atoms with van der Waals surface area (Å²) in [6.45, 7) is 1.95. The fraction of sp³-hybridized carbons (Fsp3) is 0.385. The maximum atomic E-state index is 5.92. The molecule has 0 atom stereocenters. The highest BCUT2D eigenvalue weighted by Gasteiger charge is 2.19. The van der Waals surface area contributed by atoms with Gasteiger partial charge in [-0.2, -0.15) is 5.10 Å². The average Bonchev–Trinajstić information content (AvgIpc) is 2.39. The summed E-state index contributed by atoms with van der Waals surface area (Å²) in [5, 5.41) is 10.7. The first-order chi connectivity index (χ1) is 8.34. The zero-order chi connectivity index (χ0) is 11.7. The number of fused-ring (bicyclic) bond motifs is 1. The van der Waals surface area contributed by atoms with E-state index in [1.54, 1.807) is 0 Å². The van der Waals surface area contributed by atoms with Gasteiger partial charge in [0.25, 0.3) is 0 Å². The number of nitrogens with two attached hydrogens (primary N) is 1. The Morgan fingerprint density at radius 2 is 1.94 bits per heavy atom. The van der Waals surface area contributed by atoms with Crippen LogP contribution in [0.15, 0.2) is 30.5 Å². The summed E-state index contributed by atoms with van der Waals surface area (Å²) in [5.74, 6) is 0.995. The van der Waals surface area contributed by atoms with Crippen LogP contribution in [0.3, 0.4) is 0 Å². The van der Waals surface area contributed by atoms with Crippen molar-refractivity contribution >= 4 is 16.6 Å². The predicted molar refractivity (Wildman–Crippen MR) is 69.0 cm³/mol. The Balaban J connectivity index is 2.00. The van der Waals surface area contributed by atoms with Gasteiger partial charge in [0, 0.05) is 29.9 Å². The number of rotatable bonds is 1. The number of piperidine rings is 1. The molecular weight excluding hydrogens is 212 g/mol. The Hall–Kier alpha value is -1.68. The molecule has 0 unspecified atom stereocenters. The standard InChI is InChI=1S/C13H16N4/c14-11-5-7-17(8-6-11)13-12-4-2-1-3-10(12)9-15-16-13/h1-4,9,11H,5-8,14H2. The molecule has 1 aromatic carbocycles. The van der Waals surface area contributed by atoms with E-state index in [-0.39, 0.29) is 0 Å². The summed E-state index contributed by atoms with van der Waals surface area (Å²) in [7, 11) is 0. The van der Waals surface area contributed by atoms with Gasteiger partial charge in [-0.1, -0.05) is 24.3 Å². The molecule has 88 valence electrons. The summed E-state index contributed by atoms with van der Waals surface area (Å²) < 4.78 is 0. The molecule has 2 aromatic rings. The summed E-state index contributed by atoms with van der Waals surface area (Å²) in [6.07, 6.45) is 3.88. The lowest BCUT2D eigenvalue weighted by Crippen LogP contribution is -2.40. The molecule has 2 heterocycles. The number of hydrogen-bond donors (Lipinski definition) is 1. The molecule has 2 N–H and O–H groups in total. The van der Waals surface area contributed by atoms with Crippen LogP contribution in [0.1, 0.15) is 12.8 Å². The van der Waals surface area contributed by atoms with E-state index in [0.29, 0.717) is 6.04 Å². The van der Waals surface area contributed by atoms with Gasteiger partial charge in [0.1, 0.15) is 0 Å². The average molecular weight is 228 g/mol. The maximum absolute atomic E-state index is 5.92. The molecule has 0 bridgehead atoms. The molecule has 0 radical (unpaired) electrons. The molecule has 1 aliphatic rings. The van der Waals surface area contributed by atoms with Crippen LogP contribution in [0, 0.1) is 0 Å². The van der Waals surface area contributed by atoms with E-state index >= 15 is 0 Å². The molecule has 0 saturated carbocycles. The van der Waals surface area contributed by atoms with Gasteiger partial charge in [0.2, 0.25) is 0 Å². The first kappa shape index (κ1) is 10.5. The fourth-order valence-corrected chi connectivity index (χ4v) is 2.36. The third-order valence-electron chi connectivity index (χ3n) is 3.39. The lowest BCUT2D eigenvalue weighted by atomic mass is 10.1. The Labute approximate surface area is 100 Å². The van der Waals surface area contributed by atoms with Gasteiger partial charge in [-0.3, -0.25) is 0 Å². The SMILES string of the molecule is NC1CCN(c2nncc3ccccc23)CC1. The van der Waals surface area contributed by atoms with Crippen LogP contribution in [0.25, 0.3) is 10.8 Å². The van der Waals surface area contributed by atoms with Crippen LogP contribution < -0.4 is 10.6 Å². The van der Waals surface area contributed by atoms with Crippen molar-refractivity contribution in [1.29, 1.82) is 0 Å². The minimum atomic E-state index is 0.342. The Kier molecular flexibility index (Phi) is 2.65. The molecule has 0 amide bonds. The van der Waals surface area contributed by atoms with Gasteiger partial charge in [-0.15, -0.1) is 5.10 Å². The minimum Gasteiger partial charge on any atom is -0.354 e. The number of aromatic nitrogens is 2. The van der Waals surface area contributed by atoms with Crippen molar-refractivity contribution in [2.45, 2.75) is 18.9 Å². The van der Waals surface area contributed by atoms with Gasteiger partial charge in [-0.25, -0.2) is 0 Å². The topological polar surface area (TPSA) is 55.0 Å². The summed E-state index contributed by atoms with van der Waals surface area (Å²) >= 11 is 0. The number of hydrogen-bond acceptors (Lipinski definition) is 4. The predicted octanol–water partition coefficient (Wildman–Crippen LogP) is 1.56. The van der Waals surface area contributed by atoms with Crippen LogP contribution >= 0.6 is 0 Å². The highest BCUT2D eigenvalue weighted by atomic mass is 15.3. The number of anilines is 1. The van der Waals surface area contributed by atoms with E-state index in [9.17, 15) is 0 Å². The van der Waals surface area contributed by atoms with Gasteiger partial charge in [0.05, 0.1) is 6.20 Å². The third kappa shape index (κ3) is 1.96. The minimum absolute atomic E-state index is 0.342. The molecule has 3 rings (SSSR count). The normalized spacial score (nSPS) is 17.6. The fourth-order valence-electron chi connectivity index (χ4n) is 2.36. The second-order valence-corrected chi connectivity index (χ2v) is 4.58. The second-order valence-electron chi connectivity index (χ2n) is 4.58. The Bertz CT molecular complexity index is 512. The zero-order valence-electron chi connectivity index (χ0n) is 9.71. The second kappa shape index (κ2) is 4.30.